The normalized spacial score (nSPS) is 18.1. The van der Waals surface area contributed by atoms with Crippen LogP contribution in [0.25, 0.3) is 0 Å². The Morgan fingerprint density at radius 1 is 0.786 bits per heavy atom. The lowest BCUT2D eigenvalue weighted by molar-refractivity contribution is 0.0746. The Kier molecular flexibility index (Phi) is 5.69. The maximum atomic E-state index is 13.1. The molecule has 1 amide bonds. The summed E-state index contributed by atoms with van der Waals surface area (Å²) in [6.45, 7) is 4.68. The first-order valence-corrected chi connectivity index (χ1v) is 10.1. The number of halogens is 1. The molecule has 3 heterocycles. The molecule has 7 heteroatoms. The molecular weight excluding hydrogens is 357 g/mol. The van der Waals surface area contributed by atoms with Crippen molar-refractivity contribution in [1.29, 1.82) is 0 Å². The van der Waals surface area contributed by atoms with E-state index in [2.05, 4.69) is 19.8 Å². The molecule has 6 nitrogen and oxygen atoms in total. The second kappa shape index (κ2) is 8.54. The predicted octanol–water partition coefficient (Wildman–Crippen LogP) is 2.96. The summed E-state index contributed by atoms with van der Waals surface area (Å²) < 4.78 is 13.1. The molecule has 1 aromatic heterocycles. The lowest BCUT2D eigenvalue weighted by Gasteiger charge is -2.36. The van der Waals surface area contributed by atoms with Gasteiger partial charge in [-0.1, -0.05) is 12.8 Å². The third-order valence-electron chi connectivity index (χ3n) is 5.53. The quantitative estimate of drug-likeness (QED) is 0.816. The molecule has 0 spiro atoms. The van der Waals surface area contributed by atoms with Gasteiger partial charge in [-0.3, -0.25) is 4.79 Å². The van der Waals surface area contributed by atoms with E-state index in [4.69, 9.17) is 0 Å². The second-order valence-electron chi connectivity index (χ2n) is 7.43. The van der Waals surface area contributed by atoms with Crippen LogP contribution in [0, 0.1) is 5.82 Å². The zero-order valence-corrected chi connectivity index (χ0v) is 16.1. The van der Waals surface area contributed by atoms with Gasteiger partial charge in [-0.2, -0.15) is 0 Å². The van der Waals surface area contributed by atoms with Crippen LogP contribution < -0.4 is 9.80 Å². The molecule has 0 atom stereocenters. The lowest BCUT2D eigenvalue weighted by Crippen LogP contribution is -2.48. The summed E-state index contributed by atoms with van der Waals surface area (Å²) in [5.41, 5.74) is 1.52. The van der Waals surface area contributed by atoms with Crippen molar-refractivity contribution in [1.82, 2.24) is 14.9 Å². The SMILES string of the molecule is O=C(c1cnc(N2CCCCCC2)nc1)N1CCN(c2ccc(F)cc2)CC1. The Morgan fingerprint density at radius 3 is 2.00 bits per heavy atom. The van der Waals surface area contributed by atoms with Gasteiger partial charge in [0.15, 0.2) is 0 Å². The van der Waals surface area contributed by atoms with Gasteiger partial charge in [-0.05, 0) is 37.1 Å². The summed E-state index contributed by atoms with van der Waals surface area (Å²) in [7, 11) is 0. The van der Waals surface area contributed by atoms with Crippen LogP contribution in [0.5, 0.6) is 0 Å². The molecule has 2 aromatic rings. The standard InChI is InChI=1S/C21H26FN5O/c22-18-5-7-19(8-6-18)25-11-13-26(14-12-25)20(28)17-15-23-21(24-16-17)27-9-3-1-2-4-10-27/h5-8,15-16H,1-4,9-14H2. The highest BCUT2D eigenvalue weighted by molar-refractivity contribution is 5.93. The average molecular weight is 383 g/mol. The van der Waals surface area contributed by atoms with E-state index in [0.29, 0.717) is 18.7 Å². The van der Waals surface area contributed by atoms with Crippen LogP contribution in [-0.2, 0) is 0 Å². The maximum absolute atomic E-state index is 13.1. The van der Waals surface area contributed by atoms with Crippen molar-refractivity contribution in [3.8, 4) is 0 Å². The number of rotatable bonds is 3. The second-order valence-corrected chi connectivity index (χ2v) is 7.43. The van der Waals surface area contributed by atoms with Crippen molar-refractivity contribution in [2.24, 2.45) is 0 Å². The fraction of sp³-hybridized carbons (Fsp3) is 0.476. The van der Waals surface area contributed by atoms with Crippen molar-refractivity contribution < 1.29 is 9.18 Å². The summed E-state index contributed by atoms with van der Waals surface area (Å²) >= 11 is 0. The van der Waals surface area contributed by atoms with Gasteiger partial charge in [-0.15, -0.1) is 0 Å². The number of nitrogens with zero attached hydrogens (tertiary/aromatic N) is 5. The number of carbonyl (C=O) groups is 1. The maximum Gasteiger partial charge on any atom is 0.257 e. The summed E-state index contributed by atoms with van der Waals surface area (Å²) in [4.78, 5) is 27.9. The number of hydrogen-bond donors (Lipinski definition) is 0. The number of amides is 1. The molecule has 2 aliphatic heterocycles. The highest BCUT2D eigenvalue weighted by Crippen LogP contribution is 2.19. The Balaban J connectivity index is 1.35. The number of aromatic nitrogens is 2. The fourth-order valence-corrected chi connectivity index (χ4v) is 3.87. The van der Waals surface area contributed by atoms with E-state index >= 15 is 0 Å². The van der Waals surface area contributed by atoms with Gasteiger partial charge in [0, 0.05) is 57.3 Å². The molecule has 0 unspecified atom stereocenters. The van der Waals surface area contributed by atoms with E-state index < -0.39 is 0 Å². The smallest absolute Gasteiger partial charge is 0.257 e. The molecule has 2 saturated heterocycles. The minimum atomic E-state index is -0.235. The molecule has 4 rings (SSSR count). The number of carbonyl (C=O) groups excluding carboxylic acids is 1. The van der Waals surface area contributed by atoms with E-state index in [-0.39, 0.29) is 11.7 Å². The van der Waals surface area contributed by atoms with Crippen LogP contribution >= 0.6 is 0 Å². The Morgan fingerprint density at radius 2 is 1.39 bits per heavy atom. The van der Waals surface area contributed by atoms with E-state index in [1.807, 2.05) is 4.90 Å². The number of anilines is 2. The van der Waals surface area contributed by atoms with Gasteiger partial charge in [0.05, 0.1) is 5.56 Å². The number of piperazine rings is 1. The van der Waals surface area contributed by atoms with Crippen molar-refractivity contribution >= 4 is 17.5 Å². The predicted molar refractivity (Wildman–Crippen MR) is 107 cm³/mol. The van der Waals surface area contributed by atoms with Gasteiger partial charge in [0.1, 0.15) is 5.82 Å². The third kappa shape index (κ3) is 4.24. The van der Waals surface area contributed by atoms with Crippen molar-refractivity contribution in [2.75, 3.05) is 49.1 Å². The Bertz CT molecular complexity index is 779. The number of hydrogen-bond acceptors (Lipinski definition) is 5. The molecule has 0 saturated carbocycles. The molecule has 0 bridgehead atoms. The summed E-state index contributed by atoms with van der Waals surface area (Å²) in [6, 6.07) is 6.50. The molecular formula is C21H26FN5O. The first-order chi connectivity index (χ1) is 13.7. The largest absolute Gasteiger partial charge is 0.368 e. The molecule has 0 N–H and O–H groups in total. The van der Waals surface area contributed by atoms with Gasteiger partial charge in [-0.25, -0.2) is 14.4 Å². The minimum Gasteiger partial charge on any atom is -0.368 e. The van der Waals surface area contributed by atoms with E-state index in [1.165, 1.54) is 37.8 Å². The topological polar surface area (TPSA) is 52.6 Å². The molecule has 28 heavy (non-hydrogen) atoms. The first kappa shape index (κ1) is 18.7. The molecule has 1 aromatic carbocycles. The van der Waals surface area contributed by atoms with Gasteiger partial charge < -0.3 is 14.7 Å². The highest BCUT2D eigenvalue weighted by Gasteiger charge is 2.23. The molecule has 2 aliphatic rings. The van der Waals surface area contributed by atoms with Crippen molar-refractivity contribution in [3.05, 3.63) is 48.0 Å². The van der Waals surface area contributed by atoms with Crippen LogP contribution in [0.3, 0.4) is 0 Å². The minimum absolute atomic E-state index is 0.0267. The van der Waals surface area contributed by atoms with Crippen molar-refractivity contribution in [3.63, 3.8) is 0 Å². The van der Waals surface area contributed by atoms with E-state index in [9.17, 15) is 9.18 Å². The fourth-order valence-electron chi connectivity index (χ4n) is 3.87. The van der Waals surface area contributed by atoms with Gasteiger partial charge in [0.25, 0.3) is 5.91 Å². The zero-order valence-electron chi connectivity index (χ0n) is 16.1. The molecule has 2 fully saturated rings. The van der Waals surface area contributed by atoms with Gasteiger partial charge >= 0.3 is 0 Å². The Labute approximate surface area is 165 Å². The van der Waals surface area contributed by atoms with Crippen LogP contribution in [0.15, 0.2) is 36.7 Å². The van der Waals surface area contributed by atoms with Crippen molar-refractivity contribution in [2.45, 2.75) is 25.7 Å². The van der Waals surface area contributed by atoms with E-state index in [0.717, 1.165) is 37.8 Å². The Hall–Kier alpha value is -2.70. The van der Waals surface area contributed by atoms with E-state index in [1.54, 1.807) is 24.5 Å². The highest BCUT2D eigenvalue weighted by atomic mass is 19.1. The van der Waals surface area contributed by atoms with Crippen LogP contribution in [0.4, 0.5) is 16.0 Å². The lowest BCUT2D eigenvalue weighted by atomic mass is 10.2. The summed E-state index contributed by atoms with van der Waals surface area (Å²) in [5.74, 6) is 0.460. The first-order valence-electron chi connectivity index (χ1n) is 10.1. The van der Waals surface area contributed by atoms with Crippen LogP contribution in [-0.4, -0.2) is 60.0 Å². The monoisotopic (exact) mass is 383 g/mol. The summed E-state index contributed by atoms with van der Waals surface area (Å²) in [6.07, 6.45) is 8.17. The molecule has 0 radical (unpaired) electrons. The van der Waals surface area contributed by atoms with Gasteiger partial charge in [0.2, 0.25) is 5.95 Å². The average Bonchev–Trinajstić information content (AvgIpc) is 3.04. The van der Waals surface area contributed by atoms with Crippen LogP contribution in [0.2, 0.25) is 0 Å². The third-order valence-corrected chi connectivity index (χ3v) is 5.53. The zero-order chi connectivity index (χ0) is 19.3. The summed E-state index contributed by atoms with van der Waals surface area (Å²) in [5, 5.41) is 0. The number of benzene rings is 1. The molecule has 148 valence electrons. The van der Waals surface area contributed by atoms with Crippen LogP contribution in [0.1, 0.15) is 36.0 Å². The molecule has 0 aliphatic carbocycles.